The van der Waals surface area contributed by atoms with Crippen LogP contribution >= 0.6 is 0 Å². The van der Waals surface area contributed by atoms with E-state index in [9.17, 15) is 13.6 Å². The van der Waals surface area contributed by atoms with Crippen molar-refractivity contribution < 1.29 is 34.8 Å². The van der Waals surface area contributed by atoms with E-state index >= 15 is 0 Å². The van der Waals surface area contributed by atoms with Crippen molar-refractivity contribution in [3.8, 4) is 0 Å². The van der Waals surface area contributed by atoms with Gasteiger partial charge in [-0.3, -0.25) is 0 Å². The number of pyridine rings is 2. The number of allylic oxidation sites excluding steroid dienone is 2. The fourth-order valence-corrected chi connectivity index (χ4v) is 8.26. The van der Waals surface area contributed by atoms with Crippen molar-refractivity contribution in [3.63, 3.8) is 0 Å². The third-order valence-corrected chi connectivity index (χ3v) is 10.9. The molecule has 1 fully saturated rings. The Hall–Kier alpha value is -2.71. The first kappa shape index (κ1) is 29.8. The van der Waals surface area contributed by atoms with Gasteiger partial charge in [0.1, 0.15) is 0 Å². The number of hydrogen-bond donors (Lipinski definition) is 2. The van der Waals surface area contributed by atoms with Crippen molar-refractivity contribution in [1.29, 1.82) is 0 Å². The Morgan fingerprint density at radius 1 is 1.17 bits per heavy atom. The molecular formula is C29H38F2IN8O-. The predicted molar refractivity (Wildman–Crippen MR) is 153 cm³/mol. The van der Waals surface area contributed by atoms with Crippen LogP contribution in [-0.4, -0.2) is 89.1 Å². The Labute approximate surface area is 250 Å². The number of aromatic nitrogens is 2. The van der Waals surface area contributed by atoms with Crippen LogP contribution in [-0.2, 0) is 11.3 Å². The number of amides is 1. The van der Waals surface area contributed by atoms with Gasteiger partial charge < -0.3 is 4.90 Å². The molecule has 0 spiro atoms. The number of nitrogens with one attached hydrogen (secondary N) is 2. The van der Waals surface area contributed by atoms with Gasteiger partial charge in [-0.15, -0.1) is 0 Å². The molecule has 41 heavy (non-hydrogen) atoms. The normalized spacial score (nSPS) is 22.5. The number of likely N-dealkylation sites (N-methyl/N-ethyl adjacent to an activating group) is 2. The second kappa shape index (κ2) is 13.1. The molecule has 9 nitrogen and oxygen atoms in total. The van der Waals surface area contributed by atoms with E-state index in [-0.39, 0.29) is 45.9 Å². The number of fused-ring (bicyclic) bond motifs is 1. The number of nitrogens with zero attached hydrogens (tertiary/aromatic N) is 6. The van der Waals surface area contributed by atoms with E-state index in [0.29, 0.717) is 35.0 Å². The molecule has 1 saturated heterocycles. The van der Waals surface area contributed by atoms with Crippen molar-refractivity contribution in [2.45, 2.75) is 35.7 Å². The summed E-state index contributed by atoms with van der Waals surface area (Å²) in [5.41, 5.74) is 7.42. The van der Waals surface area contributed by atoms with Crippen molar-refractivity contribution in [3.05, 3.63) is 59.7 Å². The zero-order valence-corrected chi connectivity index (χ0v) is 25.9. The summed E-state index contributed by atoms with van der Waals surface area (Å²) < 4.78 is 28.5. The van der Waals surface area contributed by atoms with Crippen LogP contribution in [0.5, 0.6) is 0 Å². The maximum atomic E-state index is 13.6. The summed E-state index contributed by atoms with van der Waals surface area (Å²) in [7, 11) is 6.08. The topological polar surface area (TPSA) is 89.0 Å². The van der Waals surface area contributed by atoms with Gasteiger partial charge in [0, 0.05) is 6.54 Å². The molecule has 2 N–H and O–H groups in total. The predicted octanol–water partition coefficient (Wildman–Crippen LogP) is 0.337. The van der Waals surface area contributed by atoms with E-state index < -0.39 is 5.92 Å². The van der Waals surface area contributed by atoms with Crippen molar-refractivity contribution in [2.75, 3.05) is 62.0 Å². The van der Waals surface area contributed by atoms with Gasteiger partial charge in [0.05, 0.1) is 0 Å². The molecule has 2 aromatic rings. The summed E-state index contributed by atoms with van der Waals surface area (Å²) in [5, 5.41) is 7.40. The molecule has 0 bridgehead atoms. The van der Waals surface area contributed by atoms with Crippen LogP contribution < -0.4 is 36.8 Å². The molecule has 2 aromatic heterocycles. The number of carbonyl (C=O) groups excluding carboxylic acids is 1. The second-order valence-corrected chi connectivity index (χ2v) is 14.4. The van der Waals surface area contributed by atoms with Crippen molar-refractivity contribution in [2.24, 2.45) is 11.0 Å². The van der Waals surface area contributed by atoms with E-state index in [1.54, 1.807) is 6.20 Å². The molecular weight excluding hydrogens is 641 g/mol. The number of hydrogen-bond acceptors (Lipinski definition) is 8. The third-order valence-electron chi connectivity index (χ3n) is 7.71. The molecule has 3 aliphatic heterocycles. The number of hydrazone groups is 1. The molecule has 2 unspecified atom stereocenters. The van der Waals surface area contributed by atoms with Gasteiger partial charge in [-0.1, -0.05) is 0 Å². The van der Waals surface area contributed by atoms with E-state index in [2.05, 4.69) is 52.7 Å². The Kier molecular flexibility index (Phi) is 9.49. The van der Waals surface area contributed by atoms with E-state index in [4.69, 9.17) is 0 Å². The number of halogens is 3. The van der Waals surface area contributed by atoms with Crippen molar-refractivity contribution >= 4 is 23.1 Å². The number of carbonyl (C=O) groups is 1. The summed E-state index contributed by atoms with van der Waals surface area (Å²) in [5.74, 6) is -2.04. The Morgan fingerprint density at radius 3 is 2.71 bits per heavy atom. The van der Waals surface area contributed by atoms with E-state index in [0.717, 1.165) is 46.6 Å². The Morgan fingerprint density at radius 2 is 1.98 bits per heavy atom. The van der Waals surface area contributed by atoms with Crippen LogP contribution in [0.1, 0.15) is 34.3 Å². The van der Waals surface area contributed by atoms with Gasteiger partial charge in [-0.05, 0) is 14.1 Å². The molecule has 5 heterocycles. The summed E-state index contributed by atoms with van der Waals surface area (Å²) in [6.07, 6.45) is 8.24. The van der Waals surface area contributed by atoms with Crippen LogP contribution in [0, 0.1) is 5.92 Å². The first-order chi connectivity index (χ1) is 19.7. The molecule has 2 atom stereocenters. The first-order valence-corrected chi connectivity index (χ1v) is 16.7. The van der Waals surface area contributed by atoms with Crippen LogP contribution in [0.3, 0.4) is 0 Å². The summed E-state index contributed by atoms with van der Waals surface area (Å²) in [6, 6.07) is 5.96. The molecule has 0 radical (unpaired) electrons. The third kappa shape index (κ3) is 7.77. The molecule has 0 saturated carbocycles. The molecule has 12 heteroatoms. The van der Waals surface area contributed by atoms with Crippen molar-refractivity contribution in [1.82, 2.24) is 25.2 Å². The van der Waals surface area contributed by atoms with Gasteiger partial charge >= 0.3 is 226 Å². The number of rotatable bonds is 9. The van der Waals surface area contributed by atoms with E-state index in [1.807, 2.05) is 45.7 Å². The number of piperidine rings is 1. The first-order valence-electron chi connectivity index (χ1n) is 14.0. The van der Waals surface area contributed by atoms with Crippen LogP contribution in [0.25, 0.3) is 0 Å². The fraction of sp³-hybridized carbons (Fsp3) is 0.517. The number of alkyl halides is 4. The van der Waals surface area contributed by atoms with Gasteiger partial charge in [0.15, 0.2) is 0 Å². The maximum absolute atomic E-state index is 13.6. The van der Waals surface area contributed by atoms with Gasteiger partial charge in [-0.2, -0.15) is 0 Å². The van der Waals surface area contributed by atoms with Crippen LogP contribution in [0.15, 0.2) is 53.7 Å². The minimum absolute atomic E-state index is 0.0877. The van der Waals surface area contributed by atoms with Gasteiger partial charge in [0.2, 0.25) is 0 Å². The SMILES string of the molecule is CN(C)CCN(C)c1ccc(NC(=O)C2=NNC3=CC[I-]C(c4cncc(CN5CCC(F)(F)CC5)c4)CC32)cn1. The van der Waals surface area contributed by atoms with E-state index in [1.165, 1.54) is 0 Å². The monoisotopic (exact) mass is 679 g/mol. The summed E-state index contributed by atoms with van der Waals surface area (Å²) in [6.45, 7) is 3.20. The second-order valence-electron chi connectivity index (χ2n) is 11.2. The quantitative estimate of drug-likeness (QED) is 0.292. The fourth-order valence-electron chi connectivity index (χ4n) is 5.20. The average Bonchev–Trinajstić information content (AvgIpc) is 3.23. The van der Waals surface area contributed by atoms with Crippen LogP contribution in [0.4, 0.5) is 20.3 Å². The van der Waals surface area contributed by atoms with Gasteiger partial charge in [0.25, 0.3) is 0 Å². The average molecular weight is 680 g/mol. The number of likely N-dealkylation sites (tertiary alicyclic amines) is 1. The molecule has 0 aromatic carbocycles. The van der Waals surface area contributed by atoms with Gasteiger partial charge in [-0.25, -0.2) is 0 Å². The number of anilines is 2. The minimum atomic E-state index is -2.55. The Bertz CT molecular complexity index is 1280. The molecule has 222 valence electrons. The zero-order valence-electron chi connectivity index (χ0n) is 23.8. The zero-order chi connectivity index (χ0) is 29.0. The standard InChI is InChI=1S/C29H38F2IN8O/c1-38(2)12-13-39(3)26-5-4-22(18-34-26)35-28(41)27-23-15-24(32-9-6-25(23)36-37-27)21-14-20(16-33-17-21)19-40-10-7-29(30,31)8-11-40/h4-6,14,16-18,23-24,36H,7-13,15,19H2,1-3H3,(H,35,41)/q-1. The molecule has 3 aliphatic rings. The molecule has 0 aliphatic carbocycles. The summed E-state index contributed by atoms with van der Waals surface area (Å²) in [4.78, 5) is 28.6. The Balaban J connectivity index is 1.21. The molecule has 5 rings (SSSR count). The molecule has 1 amide bonds. The summed E-state index contributed by atoms with van der Waals surface area (Å²) >= 11 is -0.210. The van der Waals surface area contributed by atoms with Crippen LogP contribution in [0.2, 0.25) is 0 Å².